The molecule has 1 unspecified atom stereocenters. The van der Waals surface area contributed by atoms with E-state index >= 15 is 0 Å². The molecule has 5 heterocycles. The van der Waals surface area contributed by atoms with Gasteiger partial charge >= 0.3 is 0 Å². The molecule has 12 heteroatoms. The van der Waals surface area contributed by atoms with E-state index in [2.05, 4.69) is 30.4 Å². The summed E-state index contributed by atoms with van der Waals surface area (Å²) in [5, 5.41) is 22.9. The minimum absolute atomic E-state index is 0.111. The number of nitrogens with zero attached hydrogens (tertiary/aromatic N) is 8. The summed E-state index contributed by atoms with van der Waals surface area (Å²) in [5.41, 5.74) is 3.23. The molecule has 12 nitrogen and oxygen atoms in total. The lowest BCUT2D eigenvalue weighted by atomic mass is 9.98. The van der Waals surface area contributed by atoms with E-state index in [-0.39, 0.29) is 12.2 Å². The van der Waals surface area contributed by atoms with E-state index in [1.54, 1.807) is 31.4 Å². The first-order chi connectivity index (χ1) is 18.2. The van der Waals surface area contributed by atoms with E-state index in [1.807, 2.05) is 44.8 Å². The highest BCUT2D eigenvalue weighted by atomic mass is 16.5. The topological polar surface area (TPSA) is 138 Å². The Kier molecular flexibility index (Phi) is 6.67. The van der Waals surface area contributed by atoms with Crippen molar-refractivity contribution in [2.24, 2.45) is 0 Å². The maximum absolute atomic E-state index is 12.4. The number of amides is 1. The molecule has 4 aromatic rings. The Morgan fingerprint density at radius 1 is 1.13 bits per heavy atom. The molecule has 0 bridgehead atoms. The number of rotatable bonds is 8. The Morgan fingerprint density at radius 3 is 2.58 bits per heavy atom. The molecule has 1 saturated heterocycles. The third-order valence-electron chi connectivity index (χ3n) is 6.73. The van der Waals surface area contributed by atoms with Gasteiger partial charge in [-0.2, -0.15) is 5.10 Å². The van der Waals surface area contributed by atoms with Crippen molar-refractivity contribution in [3.05, 3.63) is 53.7 Å². The van der Waals surface area contributed by atoms with Gasteiger partial charge in [0, 0.05) is 38.8 Å². The number of pyridine rings is 1. The number of aliphatic hydroxyl groups is 1. The van der Waals surface area contributed by atoms with Gasteiger partial charge in [0.2, 0.25) is 11.5 Å². The van der Waals surface area contributed by atoms with Gasteiger partial charge in [0.05, 0.1) is 40.7 Å². The van der Waals surface area contributed by atoms with Crippen LogP contribution in [0.15, 0.2) is 41.1 Å². The Balaban J connectivity index is 1.38. The third kappa shape index (κ3) is 4.75. The number of carbonyl (C=O) groups is 1. The van der Waals surface area contributed by atoms with Gasteiger partial charge in [-0.15, -0.1) is 0 Å². The number of likely N-dealkylation sites (N-methyl/N-ethyl adjacent to an activating group) is 2. The summed E-state index contributed by atoms with van der Waals surface area (Å²) in [7, 11) is 5.72. The number of aryl methyl sites for hydroxylation is 1. The molecule has 1 aliphatic heterocycles. The predicted octanol–water partition coefficient (Wildman–Crippen LogP) is 2.36. The molecule has 2 N–H and O–H groups in total. The molecular weight excluding hydrogens is 486 g/mol. The molecule has 0 aliphatic carbocycles. The van der Waals surface area contributed by atoms with Crippen LogP contribution >= 0.6 is 0 Å². The molecule has 0 spiro atoms. The van der Waals surface area contributed by atoms with E-state index in [0.717, 1.165) is 30.2 Å². The molecule has 0 saturated carbocycles. The zero-order valence-electron chi connectivity index (χ0n) is 22.1. The Labute approximate surface area is 220 Å². The lowest BCUT2D eigenvalue weighted by Gasteiger charge is -2.16. The summed E-state index contributed by atoms with van der Waals surface area (Å²) in [5.74, 6) is 0.138. The quantitative estimate of drug-likeness (QED) is 0.358. The van der Waals surface area contributed by atoms with Gasteiger partial charge in [-0.25, -0.2) is 15.0 Å². The van der Waals surface area contributed by atoms with E-state index in [9.17, 15) is 9.90 Å². The van der Waals surface area contributed by atoms with Crippen LogP contribution in [0.2, 0.25) is 0 Å². The van der Waals surface area contributed by atoms with Crippen molar-refractivity contribution in [1.82, 2.24) is 39.7 Å². The first-order valence-corrected chi connectivity index (χ1v) is 12.4. The van der Waals surface area contributed by atoms with Gasteiger partial charge in [-0.3, -0.25) is 9.48 Å². The molecule has 1 aliphatic rings. The molecule has 0 aromatic carbocycles. The fourth-order valence-electron chi connectivity index (χ4n) is 4.46. The van der Waals surface area contributed by atoms with E-state index in [4.69, 9.17) is 9.51 Å². The third-order valence-corrected chi connectivity index (χ3v) is 6.73. The zero-order chi connectivity index (χ0) is 27.0. The van der Waals surface area contributed by atoms with Crippen LogP contribution in [0.25, 0.3) is 22.8 Å². The number of hydrogen-bond acceptors (Lipinski definition) is 10. The average Bonchev–Trinajstić information content (AvgIpc) is 3.58. The molecule has 4 aromatic heterocycles. The van der Waals surface area contributed by atoms with Crippen LogP contribution < -0.4 is 5.32 Å². The largest absolute Gasteiger partial charge is 0.373 e. The van der Waals surface area contributed by atoms with Gasteiger partial charge in [0.15, 0.2) is 5.76 Å². The van der Waals surface area contributed by atoms with E-state index in [0.29, 0.717) is 35.3 Å². The van der Waals surface area contributed by atoms with E-state index in [1.165, 1.54) is 4.90 Å². The van der Waals surface area contributed by atoms with Gasteiger partial charge in [-0.05, 0) is 46.1 Å². The Hall–Kier alpha value is -4.16. The minimum Gasteiger partial charge on any atom is -0.373 e. The molecule has 1 atom stereocenters. The fraction of sp³-hybridized carbons (Fsp3) is 0.385. The number of anilines is 2. The molecule has 5 rings (SSSR count). The molecular formula is C26H31N9O3. The summed E-state index contributed by atoms with van der Waals surface area (Å²) in [6.07, 6.45) is 1.92. The maximum atomic E-state index is 12.4. The average molecular weight is 518 g/mol. The molecule has 38 heavy (non-hydrogen) atoms. The lowest BCUT2D eigenvalue weighted by molar-refractivity contribution is -0.144. The monoisotopic (exact) mass is 517 g/mol. The summed E-state index contributed by atoms with van der Waals surface area (Å²) in [4.78, 5) is 29.8. The molecule has 1 fully saturated rings. The second-order valence-electron chi connectivity index (χ2n) is 9.78. The van der Waals surface area contributed by atoms with Gasteiger partial charge in [0.1, 0.15) is 5.69 Å². The van der Waals surface area contributed by atoms with Crippen molar-refractivity contribution >= 4 is 17.5 Å². The summed E-state index contributed by atoms with van der Waals surface area (Å²) >= 11 is 0. The second-order valence-corrected chi connectivity index (χ2v) is 9.78. The summed E-state index contributed by atoms with van der Waals surface area (Å²) in [6.45, 7) is 6.09. The van der Waals surface area contributed by atoms with Crippen LogP contribution in [0.4, 0.5) is 11.6 Å². The van der Waals surface area contributed by atoms with Crippen molar-refractivity contribution in [1.29, 1.82) is 0 Å². The molecule has 0 radical (unpaired) electrons. The predicted molar refractivity (Wildman–Crippen MR) is 140 cm³/mol. The number of aromatic nitrogens is 6. The van der Waals surface area contributed by atoms with Crippen LogP contribution in [0.1, 0.15) is 23.6 Å². The lowest BCUT2D eigenvalue weighted by Crippen LogP contribution is -2.35. The van der Waals surface area contributed by atoms with Crippen LogP contribution in [-0.4, -0.2) is 84.9 Å². The summed E-state index contributed by atoms with van der Waals surface area (Å²) < 4.78 is 7.36. The van der Waals surface area contributed by atoms with Gasteiger partial charge in [-0.1, -0.05) is 11.2 Å². The molecule has 198 valence electrons. The Bertz CT molecular complexity index is 1480. The summed E-state index contributed by atoms with van der Waals surface area (Å²) in [6, 6.07) is 8.81. The van der Waals surface area contributed by atoms with Crippen molar-refractivity contribution in [2.75, 3.05) is 39.5 Å². The highest BCUT2D eigenvalue weighted by Gasteiger charge is 2.48. The first kappa shape index (κ1) is 25.5. The van der Waals surface area contributed by atoms with Crippen LogP contribution in [-0.2, 0) is 16.9 Å². The SMILES string of the molecule is Cc1nn(CCN(C)C)c(C)c1Nc1nccc(-c2cccc(-c3cc(C4(O)CCN(C)C4=O)on3)n2)n1. The second kappa shape index (κ2) is 9.95. The number of hydrogen-bond donors (Lipinski definition) is 2. The van der Waals surface area contributed by atoms with Crippen molar-refractivity contribution in [3.63, 3.8) is 0 Å². The standard InChI is InChI=1S/C26H31N9O3/c1-16-23(17(2)35(31-16)14-13-33(3)4)30-25-27-11-9-20(29-25)18-7-6-8-19(28-18)21-15-22(38-32-21)26(37)10-12-34(5)24(26)36/h6-9,11,15,37H,10,12-14H2,1-5H3,(H,27,29,30). The minimum atomic E-state index is -1.71. The molecule has 1 amide bonds. The van der Waals surface area contributed by atoms with Crippen molar-refractivity contribution < 1.29 is 14.4 Å². The van der Waals surface area contributed by atoms with Crippen molar-refractivity contribution in [2.45, 2.75) is 32.4 Å². The number of nitrogens with one attached hydrogen (secondary N) is 1. The van der Waals surface area contributed by atoms with Gasteiger partial charge < -0.3 is 24.7 Å². The van der Waals surface area contributed by atoms with Crippen LogP contribution in [0, 0.1) is 13.8 Å². The van der Waals surface area contributed by atoms with Gasteiger partial charge in [0.25, 0.3) is 5.91 Å². The first-order valence-electron chi connectivity index (χ1n) is 12.4. The Morgan fingerprint density at radius 2 is 1.87 bits per heavy atom. The van der Waals surface area contributed by atoms with E-state index < -0.39 is 11.5 Å². The zero-order valence-corrected chi connectivity index (χ0v) is 22.1. The van der Waals surface area contributed by atoms with Crippen LogP contribution in [0.5, 0.6) is 0 Å². The highest BCUT2D eigenvalue weighted by molar-refractivity contribution is 5.87. The number of likely N-dealkylation sites (tertiary alicyclic amines) is 1. The maximum Gasteiger partial charge on any atom is 0.262 e. The smallest absolute Gasteiger partial charge is 0.262 e. The highest BCUT2D eigenvalue weighted by Crippen LogP contribution is 2.34. The normalized spacial score (nSPS) is 17.6. The fourth-order valence-corrected chi connectivity index (χ4v) is 4.46. The van der Waals surface area contributed by atoms with Crippen LogP contribution in [0.3, 0.4) is 0 Å². The van der Waals surface area contributed by atoms with Crippen molar-refractivity contribution in [3.8, 4) is 22.8 Å². The number of carbonyl (C=O) groups excluding carboxylic acids is 1.